The van der Waals surface area contributed by atoms with Crippen molar-refractivity contribution < 1.29 is 29.3 Å². The molecule has 3 aromatic rings. The third-order valence-corrected chi connectivity index (χ3v) is 8.17. The van der Waals surface area contributed by atoms with Gasteiger partial charge >= 0.3 is 154 Å². The van der Waals surface area contributed by atoms with Crippen molar-refractivity contribution in [2.24, 2.45) is 0 Å². The van der Waals surface area contributed by atoms with E-state index in [4.69, 9.17) is 3.07 Å². The van der Waals surface area contributed by atoms with E-state index in [1.165, 1.54) is 0 Å². The molecule has 0 aliphatic heterocycles. The second-order valence-corrected chi connectivity index (χ2v) is 10.6. The Hall–Kier alpha value is -1.58. The molecule has 4 heteroatoms. The number of benzene rings is 3. The van der Waals surface area contributed by atoms with Crippen LogP contribution < -0.4 is 40.6 Å². The Bertz CT molecular complexity index is 791. The van der Waals surface area contributed by atoms with E-state index in [1.54, 1.807) is 0 Å². The number of alkyl halides is 1. The molecule has 0 fully saturated rings. The number of hydrogen-bond donors (Lipinski definition) is 0. The fraction of sp³-hybridized carbons (Fsp3) is 0.100. The second kappa shape index (κ2) is 8.00. The van der Waals surface area contributed by atoms with Crippen molar-refractivity contribution in [3.63, 3.8) is 0 Å². The molecule has 0 saturated carbocycles. The van der Waals surface area contributed by atoms with Gasteiger partial charge in [-0.1, -0.05) is 0 Å². The molecule has 0 saturated heterocycles. The van der Waals surface area contributed by atoms with Gasteiger partial charge in [-0.05, 0) is 0 Å². The quantitative estimate of drug-likeness (QED) is 0.315. The van der Waals surface area contributed by atoms with Gasteiger partial charge in [0.25, 0.3) is 0 Å². The van der Waals surface area contributed by atoms with E-state index < -0.39 is 7.14 Å². The van der Waals surface area contributed by atoms with E-state index >= 15 is 0 Å². The molecule has 3 aromatic carbocycles. The van der Waals surface area contributed by atoms with Crippen molar-refractivity contribution in [2.75, 3.05) is 4.43 Å². The van der Waals surface area contributed by atoms with Gasteiger partial charge in [0.2, 0.25) is 0 Å². The van der Waals surface area contributed by atoms with Crippen molar-refractivity contribution in [2.45, 2.75) is 6.92 Å². The molecule has 2 nitrogen and oxygen atoms in total. The van der Waals surface area contributed by atoms with E-state index in [1.807, 2.05) is 84.9 Å². The summed E-state index contributed by atoms with van der Waals surface area (Å²) in [6.45, 7) is 2.12. The fourth-order valence-corrected chi connectivity index (χ4v) is 6.20. The predicted octanol–water partition coefficient (Wildman–Crippen LogP) is 0.729. The van der Waals surface area contributed by atoms with Crippen LogP contribution in [0.5, 0.6) is 5.75 Å². The molecule has 0 unspecified atom stereocenters. The van der Waals surface area contributed by atoms with Gasteiger partial charge < -0.3 is 0 Å². The summed E-state index contributed by atoms with van der Waals surface area (Å²) in [5.74, 6) is 0.814. The van der Waals surface area contributed by atoms with Crippen LogP contribution in [-0.4, -0.2) is 4.43 Å². The van der Waals surface area contributed by atoms with E-state index in [0.717, 1.165) is 26.1 Å². The van der Waals surface area contributed by atoms with Crippen LogP contribution in [0, 0.1) is 0 Å². The summed E-state index contributed by atoms with van der Waals surface area (Å²) in [6.07, 6.45) is 0. The van der Waals surface area contributed by atoms with Crippen LogP contribution in [0.2, 0.25) is 0 Å². The first-order valence-electron chi connectivity index (χ1n) is 7.83. The molecule has 24 heavy (non-hydrogen) atoms. The molecule has 0 N–H and O–H groups in total. The summed E-state index contributed by atoms with van der Waals surface area (Å²) in [4.78, 5) is 0. The minimum absolute atomic E-state index is 0.300. The zero-order valence-electron chi connectivity index (χ0n) is 13.4. The summed E-state index contributed by atoms with van der Waals surface area (Å²) >= 11 is -0.300. The molecule has 0 bridgehead atoms. The summed E-state index contributed by atoms with van der Waals surface area (Å²) < 4.78 is 21.1. The predicted molar refractivity (Wildman–Crippen MR) is 97.0 cm³/mol. The third-order valence-electron chi connectivity index (χ3n) is 3.67. The van der Waals surface area contributed by atoms with Crippen LogP contribution in [0.15, 0.2) is 84.9 Å². The van der Waals surface area contributed by atoms with Gasteiger partial charge in [-0.15, -0.1) is 0 Å². The van der Waals surface area contributed by atoms with Crippen LogP contribution in [0.3, 0.4) is 0 Å². The summed E-state index contributed by atoms with van der Waals surface area (Å²) in [7, 11) is -2.90. The molecule has 0 amide bonds. The van der Waals surface area contributed by atoms with Crippen LogP contribution in [0.25, 0.3) is 0 Å². The normalized spacial score (nSPS) is 11.4. The average Bonchev–Trinajstić information content (AvgIpc) is 2.67. The molecular formula is C20H19IO2P-. The fourth-order valence-electron chi connectivity index (χ4n) is 2.57. The molecule has 124 valence electrons. The van der Waals surface area contributed by atoms with E-state index in [-0.39, 0.29) is 21.6 Å². The Balaban J connectivity index is 2.15. The van der Waals surface area contributed by atoms with Crippen molar-refractivity contribution >= 4 is 23.1 Å². The Labute approximate surface area is 154 Å². The molecule has 0 aliphatic rings. The van der Waals surface area contributed by atoms with Crippen molar-refractivity contribution in [3.8, 4) is 5.75 Å². The number of halogens is 1. The van der Waals surface area contributed by atoms with Gasteiger partial charge in [0.1, 0.15) is 0 Å². The van der Waals surface area contributed by atoms with Crippen LogP contribution >= 0.6 is 7.14 Å². The Morgan fingerprint density at radius 2 is 1.33 bits per heavy atom. The van der Waals surface area contributed by atoms with Crippen molar-refractivity contribution in [1.29, 1.82) is 0 Å². The molecule has 3 rings (SSSR count). The maximum absolute atomic E-state index is 14.2. The Morgan fingerprint density at radius 3 is 1.88 bits per heavy atom. The van der Waals surface area contributed by atoms with E-state index in [0.29, 0.717) is 0 Å². The Morgan fingerprint density at radius 1 is 0.792 bits per heavy atom. The van der Waals surface area contributed by atoms with Crippen LogP contribution in [0.1, 0.15) is 6.92 Å². The van der Waals surface area contributed by atoms with Crippen molar-refractivity contribution in [3.05, 3.63) is 84.9 Å². The summed E-state index contributed by atoms with van der Waals surface area (Å²) in [5.41, 5.74) is 0. The molecule has 0 aliphatic carbocycles. The molecular weight excluding hydrogens is 430 g/mol. The van der Waals surface area contributed by atoms with Crippen LogP contribution in [0.4, 0.5) is 0 Å². The zero-order chi connectivity index (χ0) is 16.8. The van der Waals surface area contributed by atoms with E-state index in [2.05, 4.69) is 6.92 Å². The van der Waals surface area contributed by atoms with Gasteiger partial charge in [0.15, 0.2) is 0 Å². The number of rotatable bonds is 6. The van der Waals surface area contributed by atoms with Gasteiger partial charge in [-0.3, -0.25) is 0 Å². The first kappa shape index (κ1) is 17.2. The molecule has 0 spiro atoms. The molecule has 0 heterocycles. The third kappa shape index (κ3) is 3.57. The summed E-state index contributed by atoms with van der Waals surface area (Å²) in [5, 5.41) is 2.51. The topological polar surface area (TPSA) is 26.3 Å². The first-order chi connectivity index (χ1) is 11.7. The van der Waals surface area contributed by atoms with Gasteiger partial charge in [-0.2, -0.15) is 0 Å². The summed E-state index contributed by atoms with van der Waals surface area (Å²) in [6, 6.07) is 27.2. The SMILES string of the molecule is CC[I-]Oc1cccc(P(=O)(c2ccccc2)c2ccccc2)c1. The number of hydrogen-bond acceptors (Lipinski definition) is 2. The van der Waals surface area contributed by atoms with Gasteiger partial charge in [0, 0.05) is 0 Å². The zero-order valence-corrected chi connectivity index (χ0v) is 16.5. The van der Waals surface area contributed by atoms with Crippen LogP contribution in [-0.2, 0) is 4.57 Å². The van der Waals surface area contributed by atoms with Crippen molar-refractivity contribution in [1.82, 2.24) is 0 Å². The minimum atomic E-state index is -2.90. The standard InChI is InChI=1S/C20H19IO2P/c1-2-21-23-17-10-9-15-20(16-17)24(22,18-11-5-3-6-12-18)19-13-7-4-8-14-19/h3-16H,2H2,1H3/q-1. The molecule has 0 radical (unpaired) electrons. The average molecular weight is 449 g/mol. The maximum atomic E-state index is 14.2. The molecule has 0 atom stereocenters. The van der Waals surface area contributed by atoms with Gasteiger partial charge in [-0.25, -0.2) is 0 Å². The monoisotopic (exact) mass is 449 g/mol. The second-order valence-electron chi connectivity index (χ2n) is 5.23. The molecule has 0 aromatic heterocycles. The Kier molecular flexibility index (Phi) is 5.75. The van der Waals surface area contributed by atoms with Gasteiger partial charge in [0.05, 0.1) is 0 Å². The van der Waals surface area contributed by atoms with E-state index in [9.17, 15) is 4.57 Å². The first-order valence-corrected chi connectivity index (χ1v) is 11.9.